The molecule has 0 aliphatic rings. The van der Waals surface area contributed by atoms with Crippen molar-refractivity contribution in [1.29, 1.82) is 5.26 Å². The predicted molar refractivity (Wildman–Crippen MR) is 66.4 cm³/mol. The topological polar surface area (TPSA) is 23.8 Å². The lowest BCUT2D eigenvalue weighted by atomic mass is 10.1. The first-order valence-corrected chi connectivity index (χ1v) is 5.95. The molecule has 2 aromatic carbocycles. The quantitative estimate of drug-likeness (QED) is 0.790. The van der Waals surface area contributed by atoms with Crippen LogP contribution in [0.25, 0.3) is 0 Å². The first kappa shape index (κ1) is 11.7. The van der Waals surface area contributed by atoms with Crippen LogP contribution in [0.4, 0.5) is 4.39 Å². The third-order valence-electron chi connectivity index (χ3n) is 2.38. The number of halogens is 1. The van der Waals surface area contributed by atoms with Crippen molar-refractivity contribution < 1.29 is 4.39 Å². The van der Waals surface area contributed by atoms with Gasteiger partial charge in [-0.25, -0.2) is 4.39 Å². The summed E-state index contributed by atoms with van der Waals surface area (Å²) in [7, 11) is 0. The predicted octanol–water partition coefficient (Wildman–Crippen LogP) is 4.16. The summed E-state index contributed by atoms with van der Waals surface area (Å²) in [5.41, 5.74) is 1.57. The molecule has 0 fully saturated rings. The van der Waals surface area contributed by atoms with Gasteiger partial charge in [0.15, 0.2) is 0 Å². The van der Waals surface area contributed by atoms with E-state index in [4.69, 9.17) is 5.26 Å². The molecular formula is C14H10FNS. The zero-order valence-electron chi connectivity index (χ0n) is 9.27. The lowest BCUT2D eigenvalue weighted by Gasteiger charge is -2.04. The number of nitrogens with zero attached hydrogens (tertiary/aromatic N) is 1. The van der Waals surface area contributed by atoms with E-state index in [-0.39, 0.29) is 5.82 Å². The Morgan fingerprint density at radius 2 is 1.94 bits per heavy atom. The van der Waals surface area contributed by atoms with Crippen LogP contribution < -0.4 is 0 Å². The second kappa shape index (κ2) is 5.03. The number of rotatable bonds is 2. The van der Waals surface area contributed by atoms with E-state index in [1.807, 2.05) is 25.1 Å². The highest BCUT2D eigenvalue weighted by atomic mass is 32.2. The van der Waals surface area contributed by atoms with E-state index in [0.29, 0.717) is 10.5 Å². The fourth-order valence-electron chi connectivity index (χ4n) is 1.48. The summed E-state index contributed by atoms with van der Waals surface area (Å²) < 4.78 is 13.4. The van der Waals surface area contributed by atoms with Gasteiger partial charge in [-0.3, -0.25) is 0 Å². The van der Waals surface area contributed by atoms with Crippen molar-refractivity contribution in [3.05, 3.63) is 59.4 Å². The number of hydrogen-bond donors (Lipinski definition) is 0. The SMILES string of the molecule is Cc1cc(Sc2ccccc2F)ccc1C#N. The minimum Gasteiger partial charge on any atom is -0.206 e. The number of hydrogen-bond acceptors (Lipinski definition) is 2. The maximum atomic E-state index is 13.4. The number of benzene rings is 2. The number of nitriles is 1. The molecule has 0 saturated carbocycles. The highest BCUT2D eigenvalue weighted by Crippen LogP contribution is 2.30. The maximum Gasteiger partial charge on any atom is 0.137 e. The molecule has 0 N–H and O–H groups in total. The van der Waals surface area contributed by atoms with Crippen molar-refractivity contribution in [1.82, 2.24) is 0 Å². The van der Waals surface area contributed by atoms with Gasteiger partial charge in [-0.1, -0.05) is 23.9 Å². The van der Waals surface area contributed by atoms with Crippen LogP contribution in [-0.4, -0.2) is 0 Å². The Balaban J connectivity index is 2.29. The van der Waals surface area contributed by atoms with Gasteiger partial charge >= 0.3 is 0 Å². The molecule has 0 spiro atoms. The maximum absolute atomic E-state index is 13.4. The van der Waals surface area contributed by atoms with Gasteiger partial charge in [-0.15, -0.1) is 0 Å². The zero-order valence-corrected chi connectivity index (χ0v) is 10.1. The molecule has 2 aromatic rings. The molecule has 17 heavy (non-hydrogen) atoms. The Bertz CT molecular complexity index is 587. The fraction of sp³-hybridized carbons (Fsp3) is 0.0714. The minimum atomic E-state index is -0.223. The van der Waals surface area contributed by atoms with Gasteiger partial charge in [-0.05, 0) is 42.8 Å². The third kappa shape index (κ3) is 2.66. The van der Waals surface area contributed by atoms with Crippen LogP contribution in [-0.2, 0) is 0 Å². The Hall–Kier alpha value is -1.79. The molecule has 0 radical (unpaired) electrons. The van der Waals surface area contributed by atoms with Crippen molar-refractivity contribution in [3.8, 4) is 6.07 Å². The second-order valence-corrected chi connectivity index (χ2v) is 4.74. The van der Waals surface area contributed by atoms with Gasteiger partial charge in [0, 0.05) is 9.79 Å². The monoisotopic (exact) mass is 243 g/mol. The van der Waals surface area contributed by atoms with E-state index < -0.39 is 0 Å². The largest absolute Gasteiger partial charge is 0.206 e. The molecule has 0 aliphatic heterocycles. The molecule has 0 atom stereocenters. The van der Waals surface area contributed by atoms with E-state index >= 15 is 0 Å². The molecular weight excluding hydrogens is 233 g/mol. The Labute approximate surface area is 104 Å². The number of aryl methyl sites for hydroxylation is 1. The molecule has 2 rings (SSSR count). The summed E-state index contributed by atoms with van der Waals surface area (Å²) in [6, 6.07) is 14.3. The lowest BCUT2D eigenvalue weighted by molar-refractivity contribution is 0.602. The van der Waals surface area contributed by atoms with Gasteiger partial charge in [0.1, 0.15) is 5.82 Å². The first-order valence-electron chi connectivity index (χ1n) is 5.14. The van der Waals surface area contributed by atoms with Crippen LogP contribution in [0.1, 0.15) is 11.1 Å². The van der Waals surface area contributed by atoms with E-state index in [2.05, 4.69) is 6.07 Å². The average molecular weight is 243 g/mol. The third-order valence-corrected chi connectivity index (χ3v) is 3.42. The molecule has 84 valence electrons. The first-order chi connectivity index (χ1) is 8.20. The summed E-state index contributed by atoms with van der Waals surface area (Å²) >= 11 is 1.36. The van der Waals surface area contributed by atoms with Gasteiger partial charge in [0.2, 0.25) is 0 Å². The average Bonchev–Trinajstić information content (AvgIpc) is 2.32. The summed E-state index contributed by atoms with van der Waals surface area (Å²) in [5, 5.41) is 8.83. The van der Waals surface area contributed by atoms with Crippen LogP contribution >= 0.6 is 11.8 Å². The van der Waals surface area contributed by atoms with E-state index in [1.54, 1.807) is 18.2 Å². The van der Waals surface area contributed by atoms with E-state index in [1.165, 1.54) is 17.8 Å². The van der Waals surface area contributed by atoms with Crippen LogP contribution in [0.15, 0.2) is 52.3 Å². The standard InChI is InChI=1S/C14H10FNS/c1-10-8-12(7-6-11(10)9-16)17-14-5-3-2-4-13(14)15/h2-8H,1H3. The zero-order chi connectivity index (χ0) is 12.3. The highest BCUT2D eigenvalue weighted by molar-refractivity contribution is 7.99. The molecule has 3 heteroatoms. The second-order valence-electron chi connectivity index (χ2n) is 3.62. The van der Waals surface area contributed by atoms with Crippen molar-refractivity contribution in [2.24, 2.45) is 0 Å². The van der Waals surface area contributed by atoms with E-state index in [9.17, 15) is 4.39 Å². The molecule has 1 nitrogen and oxygen atoms in total. The van der Waals surface area contributed by atoms with Crippen LogP contribution in [0.5, 0.6) is 0 Å². The van der Waals surface area contributed by atoms with Crippen LogP contribution in [0.3, 0.4) is 0 Å². The van der Waals surface area contributed by atoms with Crippen molar-refractivity contribution in [3.63, 3.8) is 0 Å². The van der Waals surface area contributed by atoms with Crippen molar-refractivity contribution in [2.75, 3.05) is 0 Å². The fourth-order valence-corrected chi connectivity index (χ4v) is 2.42. The molecule has 0 heterocycles. The van der Waals surface area contributed by atoms with Gasteiger partial charge < -0.3 is 0 Å². The molecule has 0 bridgehead atoms. The smallest absolute Gasteiger partial charge is 0.137 e. The van der Waals surface area contributed by atoms with Crippen molar-refractivity contribution >= 4 is 11.8 Å². The normalized spacial score (nSPS) is 9.94. The minimum absolute atomic E-state index is 0.223. The summed E-state index contributed by atoms with van der Waals surface area (Å²) in [6.07, 6.45) is 0. The highest BCUT2D eigenvalue weighted by Gasteiger charge is 2.04. The summed E-state index contributed by atoms with van der Waals surface area (Å²) in [5.74, 6) is -0.223. The molecule has 0 unspecified atom stereocenters. The summed E-state index contributed by atoms with van der Waals surface area (Å²) in [6.45, 7) is 1.88. The molecule has 0 saturated heterocycles. The van der Waals surface area contributed by atoms with Crippen molar-refractivity contribution in [2.45, 2.75) is 16.7 Å². The molecule has 0 amide bonds. The van der Waals surface area contributed by atoms with Gasteiger partial charge in [0.05, 0.1) is 11.6 Å². The Morgan fingerprint density at radius 3 is 2.59 bits per heavy atom. The molecule has 0 aromatic heterocycles. The van der Waals surface area contributed by atoms with Gasteiger partial charge in [-0.2, -0.15) is 5.26 Å². The lowest BCUT2D eigenvalue weighted by Crippen LogP contribution is -1.84. The van der Waals surface area contributed by atoms with Crippen LogP contribution in [0, 0.1) is 24.1 Å². The Morgan fingerprint density at radius 1 is 1.18 bits per heavy atom. The summed E-state index contributed by atoms with van der Waals surface area (Å²) in [4.78, 5) is 1.53. The Kier molecular flexibility index (Phi) is 3.46. The van der Waals surface area contributed by atoms with Crippen LogP contribution in [0.2, 0.25) is 0 Å². The molecule has 0 aliphatic carbocycles. The van der Waals surface area contributed by atoms with E-state index in [0.717, 1.165) is 10.5 Å². The van der Waals surface area contributed by atoms with Gasteiger partial charge in [0.25, 0.3) is 0 Å².